The lowest BCUT2D eigenvalue weighted by Crippen LogP contribution is -2.29. The van der Waals surface area contributed by atoms with Gasteiger partial charge in [0.15, 0.2) is 5.78 Å². The number of carbonyl (C=O) groups excluding carboxylic acids is 1. The van der Waals surface area contributed by atoms with Crippen LogP contribution in [0, 0.1) is 5.92 Å². The van der Waals surface area contributed by atoms with Gasteiger partial charge in [-0.2, -0.15) is 0 Å². The number of rotatable bonds is 1. The summed E-state index contributed by atoms with van der Waals surface area (Å²) in [6.45, 7) is 4.26. The Bertz CT molecular complexity index is 278. The predicted molar refractivity (Wildman–Crippen MR) is 54.8 cm³/mol. The Morgan fingerprint density at radius 3 is 2.93 bits per heavy atom. The maximum atomic E-state index is 11.8. The Morgan fingerprint density at radius 1 is 1.43 bits per heavy atom. The van der Waals surface area contributed by atoms with Crippen LogP contribution >= 0.6 is 0 Å². The van der Waals surface area contributed by atoms with Gasteiger partial charge in [-0.1, -0.05) is 6.92 Å². The number of ether oxygens (including phenoxy) is 1. The molecule has 0 bridgehead atoms. The van der Waals surface area contributed by atoms with E-state index >= 15 is 0 Å². The molecule has 1 aliphatic carbocycles. The van der Waals surface area contributed by atoms with Crippen LogP contribution < -0.4 is 0 Å². The van der Waals surface area contributed by atoms with E-state index in [4.69, 9.17) is 4.74 Å². The topological polar surface area (TPSA) is 26.3 Å². The van der Waals surface area contributed by atoms with Crippen molar-refractivity contribution < 1.29 is 9.53 Å². The monoisotopic (exact) mass is 194 g/mol. The van der Waals surface area contributed by atoms with E-state index in [2.05, 4.69) is 13.8 Å². The van der Waals surface area contributed by atoms with E-state index in [-0.39, 0.29) is 0 Å². The standard InChI is InChI=1S/C12H18O2/c1-3-9-7-8(2)14-11-6-4-5-10(13)12(9)11/h8-9H,3-7H2,1-2H3/t8-,9-/m0/s1. The van der Waals surface area contributed by atoms with Gasteiger partial charge in [-0.3, -0.25) is 4.79 Å². The van der Waals surface area contributed by atoms with Crippen molar-refractivity contribution in [2.45, 2.75) is 52.1 Å². The van der Waals surface area contributed by atoms with Crippen LogP contribution in [-0.2, 0) is 9.53 Å². The molecule has 2 rings (SSSR count). The lowest BCUT2D eigenvalue weighted by molar-refractivity contribution is -0.118. The maximum absolute atomic E-state index is 11.8. The van der Waals surface area contributed by atoms with Crippen molar-refractivity contribution in [1.29, 1.82) is 0 Å². The summed E-state index contributed by atoms with van der Waals surface area (Å²) in [5, 5.41) is 0. The second-order valence-electron chi connectivity index (χ2n) is 4.38. The molecule has 78 valence electrons. The molecular weight excluding hydrogens is 176 g/mol. The van der Waals surface area contributed by atoms with Crippen molar-refractivity contribution in [3.8, 4) is 0 Å². The highest BCUT2D eigenvalue weighted by atomic mass is 16.5. The van der Waals surface area contributed by atoms with Crippen molar-refractivity contribution in [3.05, 3.63) is 11.3 Å². The Labute approximate surface area is 85.3 Å². The summed E-state index contributed by atoms with van der Waals surface area (Å²) in [4.78, 5) is 11.8. The fourth-order valence-electron chi connectivity index (χ4n) is 2.59. The number of carbonyl (C=O) groups is 1. The molecule has 0 spiro atoms. The Morgan fingerprint density at radius 2 is 2.21 bits per heavy atom. The van der Waals surface area contributed by atoms with Gasteiger partial charge in [0.25, 0.3) is 0 Å². The van der Waals surface area contributed by atoms with E-state index in [0.717, 1.165) is 43.4 Å². The first-order chi connectivity index (χ1) is 6.72. The van der Waals surface area contributed by atoms with Crippen LogP contribution in [0.3, 0.4) is 0 Å². The largest absolute Gasteiger partial charge is 0.495 e. The average molecular weight is 194 g/mol. The summed E-state index contributed by atoms with van der Waals surface area (Å²) >= 11 is 0. The van der Waals surface area contributed by atoms with Crippen molar-refractivity contribution >= 4 is 5.78 Å². The molecule has 1 aliphatic heterocycles. The summed E-state index contributed by atoms with van der Waals surface area (Å²) in [6.07, 6.45) is 5.06. The third-order valence-corrected chi connectivity index (χ3v) is 3.27. The van der Waals surface area contributed by atoms with E-state index in [1.165, 1.54) is 0 Å². The maximum Gasteiger partial charge on any atom is 0.162 e. The highest BCUT2D eigenvalue weighted by molar-refractivity contribution is 5.97. The fraction of sp³-hybridized carbons (Fsp3) is 0.750. The summed E-state index contributed by atoms with van der Waals surface area (Å²) < 4.78 is 5.75. The van der Waals surface area contributed by atoms with Gasteiger partial charge in [0, 0.05) is 18.4 Å². The van der Waals surface area contributed by atoms with Gasteiger partial charge in [-0.25, -0.2) is 0 Å². The second-order valence-corrected chi connectivity index (χ2v) is 4.38. The van der Waals surface area contributed by atoms with E-state index < -0.39 is 0 Å². The highest BCUT2D eigenvalue weighted by Gasteiger charge is 2.33. The second kappa shape index (κ2) is 3.76. The molecule has 0 aromatic rings. The first kappa shape index (κ1) is 9.75. The molecule has 2 atom stereocenters. The zero-order chi connectivity index (χ0) is 10.1. The van der Waals surface area contributed by atoms with Crippen molar-refractivity contribution in [3.63, 3.8) is 0 Å². The molecule has 0 aromatic heterocycles. The molecule has 0 saturated heterocycles. The summed E-state index contributed by atoms with van der Waals surface area (Å²) in [5.74, 6) is 1.80. The molecule has 1 heterocycles. The molecule has 14 heavy (non-hydrogen) atoms. The Kier molecular flexibility index (Phi) is 2.62. The molecule has 0 amide bonds. The number of hydrogen-bond acceptors (Lipinski definition) is 2. The van der Waals surface area contributed by atoms with E-state index in [0.29, 0.717) is 17.8 Å². The SMILES string of the molecule is CC[C@H]1C[C@H](C)OC2=C1C(=O)CCC2. The minimum atomic E-state index is 0.296. The number of hydrogen-bond donors (Lipinski definition) is 0. The molecule has 0 aromatic carbocycles. The van der Waals surface area contributed by atoms with Gasteiger partial charge in [0.2, 0.25) is 0 Å². The van der Waals surface area contributed by atoms with Crippen molar-refractivity contribution in [2.75, 3.05) is 0 Å². The van der Waals surface area contributed by atoms with Crippen LogP contribution in [0.25, 0.3) is 0 Å². The zero-order valence-corrected chi connectivity index (χ0v) is 9.01. The summed E-state index contributed by atoms with van der Waals surface area (Å²) in [6, 6.07) is 0. The summed E-state index contributed by atoms with van der Waals surface area (Å²) in [7, 11) is 0. The van der Waals surface area contributed by atoms with Gasteiger partial charge >= 0.3 is 0 Å². The molecule has 2 heteroatoms. The first-order valence-electron chi connectivity index (χ1n) is 5.65. The van der Waals surface area contributed by atoms with Crippen LogP contribution in [0.5, 0.6) is 0 Å². The normalized spacial score (nSPS) is 32.6. The minimum absolute atomic E-state index is 0.296. The minimum Gasteiger partial charge on any atom is -0.495 e. The molecule has 0 unspecified atom stereocenters. The number of ketones is 1. The first-order valence-corrected chi connectivity index (χ1v) is 5.65. The van der Waals surface area contributed by atoms with Crippen LogP contribution in [-0.4, -0.2) is 11.9 Å². The van der Waals surface area contributed by atoms with Crippen molar-refractivity contribution in [1.82, 2.24) is 0 Å². The third kappa shape index (κ3) is 1.58. The molecule has 2 aliphatic rings. The Hall–Kier alpha value is -0.790. The van der Waals surface area contributed by atoms with E-state index in [1.54, 1.807) is 0 Å². The van der Waals surface area contributed by atoms with Gasteiger partial charge in [0.05, 0.1) is 6.10 Å². The van der Waals surface area contributed by atoms with Gasteiger partial charge in [-0.15, -0.1) is 0 Å². The molecule has 2 nitrogen and oxygen atoms in total. The zero-order valence-electron chi connectivity index (χ0n) is 9.01. The number of allylic oxidation sites excluding steroid dienone is 2. The van der Waals surface area contributed by atoms with Gasteiger partial charge in [0.1, 0.15) is 5.76 Å². The lowest BCUT2D eigenvalue weighted by atomic mass is 9.81. The van der Waals surface area contributed by atoms with Crippen LogP contribution in [0.1, 0.15) is 46.0 Å². The molecule has 0 radical (unpaired) electrons. The van der Waals surface area contributed by atoms with Gasteiger partial charge < -0.3 is 4.74 Å². The highest BCUT2D eigenvalue weighted by Crippen LogP contribution is 2.37. The van der Waals surface area contributed by atoms with Gasteiger partial charge in [-0.05, 0) is 32.1 Å². The van der Waals surface area contributed by atoms with Crippen LogP contribution in [0.15, 0.2) is 11.3 Å². The molecule has 0 N–H and O–H groups in total. The van der Waals surface area contributed by atoms with Crippen LogP contribution in [0.4, 0.5) is 0 Å². The molecular formula is C12H18O2. The quantitative estimate of drug-likeness (QED) is 0.641. The smallest absolute Gasteiger partial charge is 0.162 e. The average Bonchev–Trinajstić information content (AvgIpc) is 2.16. The summed E-state index contributed by atoms with van der Waals surface area (Å²) in [5.41, 5.74) is 1.02. The fourth-order valence-corrected chi connectivity index (χ4v) is 2.59. The number of Topliss-reactive ketones (excluding diaryl/α,β-unsaturated/α-hetero) is 1. The molecule has 0 fully saturated rings. The Balaban J connectivity index is 2.32. The third-order valence-electron chi connectivity index (χ3n) is 3.27. The van der Waals surface area contributed by atoms with E-state index in [1.807, 2.05) is 0 Å². The predicted octanol–water partition coefficient (Wildman–Crippen LogP) is 2.83. The van der Waals surface area contributed by atoms with Crippen molar-refractivity contribution in [2.24, 2.45) is 5.92 Å². The lowest BCUT2D eigenvalue weighted by Gasteiger charge is -2.34. The molecule has 0 saturated carbocycles. The van der Waals surface area contributed by atoms with E-state index in [9.17, 15) is 4.79 Å². The van der Waals surface area contributed by atoms with Crippen LogP contribution in [0.2, 0.25) is 0 Å².